The Hall–Kier alpha value is -2.58. The molecule has 0 aromatic heterocycles. The largest absolute Gasteiger partial charge is 0.387 e. The molecule has 1 saturated heterocycles. The standard InChI is InChI=1S/C30H34O6/c1-30(2)35-26-24(31)25(32-18-21-12-6-3-7-13-21)27(33-19-22-14-8-4-9-15-22)28(29(26)36-30)34-20-23-16-10-5-11-17-23/h3-17,24-29,31H,18-20H2,1-2H3. The Bertz CT molecular complexity index is 1070. The van der Waals surface area contributed by atoms with Gasteiger partial charge in [0.15, 0.2) is 5.79 Å². The number of rotatable bonds is 9. The monoisotopic (exact) mass is 490 g/mol. The minimum absolute atomic E-state index is 0.334. The summed E-state index contributed by atoms with van der Waals surface area (Å²) in [5.74, 6) is -0.858. The van der Waals surface area contributed by atoms with Crippen molar-refractivity contribution in [2.24, 2.45) is 0 Å². The van der Waals surface area contributed by atoms with Gasteiger partial charge in [0.05, 0.1) is 19.8 Å². The maximum Gasteiger partial charge on any atom is 0.164 e. The van der Waals surface area contributed by atoms with E-state index < -0.39 is 42.4 Å². The quantitative estimate of drug-likeness (QED) is 0.472. The molecule has 0 spiro atoms. The van der Waals surface area contributed by atoms with E-state index in [1.807, 2.05) is 105 Å². The third kappa shape index (κ3) is 5.86. The predicted molar refractivity (Wildman–Crippen MR) is 135 cm³/mol. The molecule has 1 N–H and O–H groups in total. The molecule has 0 radical (unpaired) electrons. The zero-order valence-corrected chi connectivity index (χ0v) is 20.7. The van der Waals surface area contributed by atoms with E-state index in [1.165, 1.54) is 0 Å². The Morgan fingerprint density at radius 2 is 0.972 bits per heavy atom. The molecule has 0 amide bonds. The van der Waals surface area contributed by atoms with Gasteiger partial charge in [-0.05, 0) is 30.5 Å². The van der Waals surface area contributed by atoms with Crippen molar-refractivity contribution in [3.63, 3.8) is 0 Å². The summed E-state index contributed by atoms with van der Waals surface area (Å²) in [7, 11) is 0. The molecule has 6 atom stereocenters. The van der Waals surface area contributed by atoms with Gasteiger partial charge in [-0.1, -0.05) is 91.0 Å². The van der Waals surface area contributed by atoms with E-state index in [2.05, 4.69) is 0 Å². The number of hydrogen-bond acceptors (Lipinski definition) is 6. The average molecular weight is 491 g/mol. The molecule has 6 unspecified atom stereocenters. The van der Waals surface area contributed by atoms with Gasteiger partial charge in [0.2, 0.25) is 0 Å². The summed E-state index contributed by atoms with van der Waals surface area (Å²) in [6, 6.07) is 29.9. The van der Waals surface area contributed by atoms with Crippen LogP contribution >= 0.6 is 0 Å². The number of hydrogen-bond donors (Lipinski definition) is 1. The first-order chi connectivity index (χ1) is 17.5. The molecule has 3 aromatic carbocycles. The lowest BCUT2D eigenvalue weighted by atomic mass is 9.84. The molecule has 36 heavy (non-hydrogen) atoms. The van der Waals surface area contributed by atoms with Crippen LogP contribution in [-0.2, 0) is 43.5 Å². The van der Waals surface area contributed by atoms with Crippen LogP contribution in [0.5, 0.6) is 0 Å². The molecule has 3 aromatic rings. The Morgan fingerprint density at radius 1 is 0.583 bits per heavy atom. The van der Waals surface area contributed by atoms with Crippen molar-refractivity contribution < 1.29 is 28.8 Å². The molecule has 6 nitrogen and oxygen atoms in total. The molecule has 2 fully saturated rings. The maximum absolute atomic E-state index is 11.5. The Labute approximate surface area is 212 Å². The van der Waals surface area contributed by atoms with Crippen molar-refractivity contribution in [2.45, 2.75) is 76.1 Å². The predicted octanol–water partition coefficient (Wildman–Crippen LogP) is 4.64. The van der Waals surface area contributed by atoms with E-state index >= 15 is 0 Å². The first-order valence-corrected chi connectivity index (χ1v) is 12.5. The van der Waals surface area contributed by atoms with Gasteiger partial charge in [-0.15, -0.1) is 0 Å². The molecule has 5 rings (SSSR count). The summed E-state index contributed by atoms with van der Waals surface area (Å²) in [6.07, 6.45) is -3.81. The smallest absolute Gasteiger partial charge is 0.164 e. The lowest BCUT2D eigenvalue weighted by Gasteiger charge is -2.45. The normalized spacial score (nSPS) is 29.1. The Kier molecular flexibility index (Phi) is 7.82. The molecular formula is C30H34O6. The third-order valence-electron chi connectivity index (χ3n) is 6.66. The van der Waals surface area contributed by atoms with E-state index in [-0.39, 0.29) is 0 Å². The minimum Gasteiger partial charge on any atom is -0.387 e. The molecule has 1 aliphatic carbocycles. The molecule has 190 valence electrons. The van der Waals surface area contributed by atoms with Crippen LogP contribution in [0.2, 0.25) is 0 Å². The zero-order chi connectivity index (χ0) is 25.0. The van der Waals surface area contributed by atoms with Crippen LogP contribution in [0.15, 0.2) is 91.0 Å². The average Bonchev–Trinajstić information content (AvgIpc) is 3.23. The molecule has 0 bridgehead atoms. The summed E-state index contributed by atoms with van der Waals surface area (Å²) in [5, 5.41) is 11.5. The summed E-state index contributed by atoms with van der Waals surface area (Å²) < 4.78 is 31.7. The van der Waals surface area contributed by atoms with E-state index in [4.69, 9.17) is 23.7 Å². The van der Waals surface area contributed by atoms with E-state index in [0.29, 0.717) is 19.8 Å². The summed E-state index contributed by atoms with van der Waals surface area (Å²) >= 11 is 0. The third-order valence-corrected chi connectivity index (χ3v) is 6.66. The summed E-state index contributed by atoms with van der Waals surface area (Å²) in [5.41, 5.74) is 3.09. The van der Waals surface area contributed by atoms with Crippen molar-refractivity contribution >= 4 is 0 Å². The lowest BCUT2D eigenvalue weighted by Crippen LogP contribution is -2.64. The van der Waals surface area contributed by atoms with Gasteiger partial charge in [-0.2, -0.15) is 0 Å². The number of fused-ring (bicyclic) bond motifs is 1. The van der Waals surface area contributed by atoms with Crippen molar-refractivity contribution in [3.05, 3.63) is 108 Å². The summed E-state index contributed by atoms with van der Waals surface area (Å²) in [6.45, 7) is 4.78. The van der Waals surface area contributed by atoms with Crippen molar-refractivity contribution in [3.8, 4) is 0 Å². The molecule has 1 saturated carbocycles. The molecule has 2 aliphatic rings. The van der Waals surface area contributed by atoms with E-state index in [0.717, 1.165) is 16.7 Å². The van der Waals surface area contributed by atoms with Gasteiger partial charge in [-0.3, -0.25) is 0 Å². The molecule has 1 heterocycles. The number of aliphatic hydroxyl groups excluding tert-OH is 1. The second-order valence-corrected chi connectivity index (χ2v) is 9.84. The minimum atomic E-state index is -0.946. The van der Waals surface area contributed by atoms with Crippen molar-refractivity contribution in [2.75, 3.05) is 0 Å². The van der Waals surface area contributed by atoms with Crippen molar-refractivity contribution in [1.29, 1.82) is 0 Å². The van der Waals surface area contributed by atoms with Gasteiger partial charge in [0.25, 0.3) is 0 Å². The van der Waals surface area contributed by atoms with Crippen LogP contribution in [0, 0.1) is 0 Å². The summed E-state index contributed by atoms with van der Waals surface area (Å²) in [4.78, 5) is 0. The first kappa shape index (κ1) is 25.1. The van der Waals surface area contributed by atoms with E-state index in [9.17, 15) is 5.11 Å². The maximum atomic E-state index is 11.5. The fourth-order valence-corrected chi connectivity index (χ4v) is 4.96. The first-order valence-electron chi connectivity index (χ1n) is 12.5. The number of benzene rings is 3. The van der Waals surface area contributed by atoms with Crippen LogP contribution in [0.25, 0.3) is 0 Å². The highest BCUT2D eigenvalue weighted by atomic mass is 16.8. The zero-order valence-electron chi connectivity index (χ0n) is 20.7. The second kappa shape index (κ2) is 11.2. The van der Waals surface area contributed by atoms with Crippen LogP contribution < -0.4 is 0 Å². The number of aliphatic hydroxyl groups is 1. The highest BCUT2D eigenvalue weighted by Crippen LogP contribution is 2.41. The van der Waals surface area contributed by atoms with Crippen LogP contribution in [0.1, 0.15) is 30.5 Å². The Morgan fingerprint density at radius 3 is 1.44 bits per heavy atom. The van der Waals surface area contributed by atoms with Gasteiger partial charge in [-0.25, -0.2) is 0 Å². The fourth-order valence-electron chi connectivity index (χ4n) is 4.96. The fraction of sp³-hybridized carbons (Fsp3) is 0.400. The van der Waals surface area contributed by atoms with Crippen LogP contribution in [0.4, 0.5) is 0 Å². The molecule has 6 heteroatoms. The highest BCUT2D eigenvalue weighted by molar-refractivity contribution is 5.16. The Balaban J connectivity index is 1.42. The van der Waals surface area contributed by atoms with Gasteiger partial charge < -0.3 is 28.8 Å². The lowest BCUT2D eigenvalue weighted by molar-refractivity contribution is -0.241. The molecule has 1 aliphatic heterocycles. The number of ether oxygens (including phenoxy) is 5. The van der Waals surface area contributed by atoms with Crippen molar-refractivity contribution in [1.82, 2.24) is 0 Å². The van der Waals surface area contributed by atoms with Gasteiger partial charge >= 0.3 is 0 Å². The van der Waals surface area contributed by atoms with Crippen LogP contribution in [0.3, 0.4) is 0 Å². The molecular weight excluding hydrogens is 456 g/mol. The second-order valence-electron chi connectivity index (χ2n) is 9.84. The SMILES string of the molecule is CC1(C)OC2C(O)C(OCc3ccccc3)C(OCc3ccccc3)C(OCc3ccccc3)C2O1. The topological polar surface area (TPSA) is 66.4 Å². The van der Waals surface area contributed by atoms with E-state index in [1.54, 1.807) is 0 Å². The van der Waals surface area contributed by atoms with Crippen LogP contribution in [-0.4, -0.2) is 47.5 Å². The highest BCUT2D eigenvalue weighted by Gasteiger charge is 2.59. The van der Waals surface area contributed by atoms with Gasteiger partial charge in [0, 0.05) is 0 Å². The van der Waals surface area contributed by atoms with Gasteiger partial charge in [0.1, 0.15) is 36.6 Å².